The number of carbonyl (C=O) groups is 1. The van der Waals surface area contributed by atoms with Crippen LogP contribution in [0.25, 0.3) is 6.08 Å². The summed E-state index contributed by atoms with van der Waals surface area (Å²) in [6, 6.07) is 13.4. The van der Waals surface area contributed by atoms with Crippen molar-refractivity contribution in [1.29, 1.82) is 0 Å². The van der Waals surface area contributed by atoms with Crippen LogP contribution < -0.4 is 9.47 Å². The number of non-ortho nitro benzene ring substituents is 1. The van der Waals surface area contributed by atoms with Gasteiger partial charge in [0.05, 0.1) is 20.5 Å². The summed E-state index contributed by atoms with van der Waals surface area (Å²) < 4.78 is 17.2. The molecule has 1 heterocycles. The molecule has 0 saturated carbocycles. The highest BCUT2D eigenvalue weighted by Gasteiger charge is 2.26. The highest BCUT2D eigenvalue weighted by atomic mass is 127. The van der Waals surface area contributed by atoms with Crippen LogP contribution in [0.5, 0.6) is 11.5 Å². The molecule has 1 aliphatic rings. The molecule has 0 saturated heterocycles. The number of nitro groups is 2. The minimum Gasteiger partial charge on any atom is -0.493 e. The topological polar surface area (TPSA) is 143 Å². The van der Waals surface area contributed by atoms with Gasteiger partial charge in [0.15, 0.2) is 17.2 Å². The van der Waals surface area contributed by atoms with E-state index < -0.39 is 15.8 Å². The van der Waals surface area contributed by atoms with E-state index in [1.807, 2.05) is 22.6 Å². The first kappa shape index (κ1) is 26.0. The molecule has 3 aromatic carbocycles. The van der Waals surface area contributed by atoms with Crippen molar-refractivity contribution >= 4 is 63.5 Å². The number of nitro benzene ring substituents is 2. The molecular weight excluding hydrogens is 621 g/mol. The van der Waals surface area contributed by atoms with Gasteiger partial charge in [-0.1, -0.05) is 23.7 Å². The van der Waals surface area contributed by atoms with Gasteiger partial charge < -0.3 is 14.2 Å². The van der Waals surface area contributed by atoms with Crippen molar-refractivity contribution in [2.45, 2.75) is 6.61 Å². The molecule has 11 nitrogen and oxygen atoms in total. The van der Waals surface area contributed by atoms with Crippen LogP contribution in [0.4, 0.5) is 11.4 Å². The lowest BCUT2D eigenvalue weighted by molar-refractivity contribution is -0.385. The monoisotopic (exact) mass is 635 g/mol. The maximum atomic E-state index is 12.4. The SMILES string of the molecule is COc1cc(/C=C2\N=C(c3ccc(Cl)c([N+](=O)[O-])c3)OC2=O)cc(I)c1OCc1cccc([N+](=O)[O-])c1. The Morgan fingerprint density at radius 1 is 1.11 bits per heavy atom. The second-order valence-corrected chi connectivity index (χ2v) is 9.08. The number of carbonyl (C=O) groups excluding carboxylic acids is 1. The molecule has 37 heavy (non-hydrogen) atoms. The summed E-state index contributed by atoms with van der Waals surface area (Å²) in [6.07, 6.45) is 1.48. The summed E-state index contributed by atoms with van der Waals surface area (Å²) >= 11 is 7.89. The van der Waals surface area contributed by atoms with Crippen LogP contribution in [0.3, 0.4) is 0 Å². The van der Waals surface area contributed by atoms with Crippen LogP contribution in [0, 0.1) is 23.8 Å². The standard InChI is InChI=1S/C24H15ClIN3O8/c1-35-21-10-14(8-18(26)22(21)36-12-13-3-2-4-16(7-13)28(31)32)9-19-24(30)37-23(27-19)15-5-6-17(25)20(11-15)29(33)34/h2-11H,12H2,1H3/b19-9-. The zero-order valence-electron chi connectivity index (χ0n) is 18.8. The number of aliphatic imine (C=N–C) groups is 1. The minimum absolute atomic E-state index is 0.0179. The Balaban J connectivity index is 1.59. The van der Waals surface area contributed by atoms with Gasteiger partial charge in [-0.05, 0) is 64.1 Å². The second kappa shape index (κ2) is 10.9. The molecule has 13 heteroatoms. The zero-order chi connectivity index (χ0) is 26.7. The number of cyclic esters (lactones) is 1. The number of hydrogen-bond donors (Lipinski definition) is 0. The quantitative estimate of drug-likeness (QED) is 0.101. The van der Waals surface area contributed by atoms with Crippen LogP contribution >= 0.6 is 34.2 Å². The van der Waals surface area contributed by atoms with E-state index in [-0.39, 0.29) is 40.2 Å². The van der Waals surface area contributed by atoms with Gasteiger partial charge >= 0.3 is 5.97 Å². The zero-order valence-corrected chi connectivity index (χ0v) is 21.8. The normalized spacial score (nSPS) is 13.8. The molecule has 0 unspecified atom stereocenters. The Morgan fingerprint density at radius 2 is 1.89 bits per heavy atom. The number of esters is 1. The second-order valence-electron chi connectivity index (χ2n) is 7.51. The number of nitrogens with zero attached hydrogens (tertiary/aromatic N) is 3. The molecule has 0 bridgehead atoms. The predicted octanol–water partition coefficient (Wildman–Crippen LogP) is 5.69. The molecule has 0 aromatic heterocycles. The summed E-state index contributed by atoms with van der Waals surface area (Å²) in [5.74, 6) is -0.0290. The summed E-state index contributed by atoms with van der Waals surface area (Å²) in [6.45, 7) is 0.0711. The minimum atomic E-state index is -0.729. The molecule has 188 valence electrons. The highest BCUT2D eigenvalue weighted by molar-refractivity contribution is 14.1. The summed E-state index contributed by atoms with van der Waals surface area (Å²) in [7, 11) is 1.45. The lowest BCUT2D eigenvalue weighted by Crippen LogP contribution is -2.06. The molecule has 0 radical (unpaired) electrons. The van der Waals surface area contributed by atoms with Crippen molar-refractivity contribution < 1.29 is 28.9 Å². The molecule has 0 aliphatic carbocycles. The highest BCUT2D eigenvalue weighted by Crippen LogP contribution is 2.36. The van der Waals surface area contributed by atoms with Gasteiger partial charge in [0.25, 0.3) is 11.4 Å². The van der Waals surface area contributed by atoms with E-state index in [2.05, 4.69) is 4.99 Å². The van der Waals surface area contributed by atoms with E-state index in [0.29, 0.717) is 26.2 Å². The van der Waals surface area contributed by atoms with Crippen molar-refractivity contribution in [2.24, 2.45) is 4.99 Å². The van der Waals surface area contributed by atoms with Gasteiger partial charge in [-0.15, -0.1) is 0 Å². The van der Waals surface area contributed by atoms with E-state index in [1.54, 1.807) is 24.3 Å². The van der Waals surface area contributed by atoms with Crippen LogP contribution in [-0.4, -0.2) is 28.8 Å². The average molecular weight is 636 g/mol. The fourth-order valence-corrected chi connectivity index (χ4v) is 4.32. The number of halogens is 2. The van der Waals surface area contributed by atoms with Crippen molar-refractivity contribution in [2.75, 3.05) is 7.11 Å². The van der Waals surface area contributed by atoms with Crippen LogP contribution in [-0.2, 0) is 16.1 Å². The first-order valence-corrected chi connectivity index (χ1v) is 11.8. The maximum Gasteiger partial charge on any atom is 0.363 e. The number of ether oxygens (including phenoxy) is 3. The van der Waals surface area contributed by atoms with Crippen LogP contribution in [0.15, 0.2) is 65.3 Å². The average Bonchev–Trinajstić information content (AvgIpc) is 3.23. The molecule has 0 atom stereocenters. The van der Waals surface area contributed by atoms with Crippen molar-refractivity contribution in [3.8, 4) is 11.5 Å². The van der Waals surface area contributed by atoms with Crippen LogP contribution in [0.1, 0.15) is 16.7 Å². The molecule has 3 aromatic rings. The van der Waals surface area contributed by atoms with Gasteiger partial charge in [-0.2, -0.15) is 0 Å². The molecular formula is C24H15ClIN3O8. The summed E-state index contributed by atoms with van der Waals surface area (Å²) in [5.41, 5.74) is 0.997. The van der Waals surface area contributed by atoms with Gasteiger partial charge in [-0.3, -0.25) is 20.2 Å². The number of rotatable bonds is 8. The molecule has 0 fully saturated rings. The molecule has 0 amide bonds. The molecule has 0 N–H and O–H groups in total. The lowest BCUT2D eigenvalue weighted by Gasteiger charge is -2.13. The smallest absolute Gasteiger partial charge is 0.363 e. The third-order valence-corrected chi connectivity index (χ3v) is 6.19. The summed E-state index contributed by atoms with van der Waals surface area (Å²) in [4.78, 5) is 37.6. The first-order valence-electron chi connectivity index (χ1n) is 10.4. The predicted molar refractivity (Wildman–Crippen MR) is 142 cm³/mol. The van der Waals surface area contributed by atoms with E-state index in [9.17, 15) is 25.0 Å². The largest absolute Gasteiger partial charge is 0.493 e. The third kappa shape index (κ3) is 5.86. The Bertz CT molecular complexity index is 1510. The van der Waals surface area contributed by atoms with Gasteiger partial charge in [0.2, 0.25) is 5.90 Å². The van der Waals surface area contributed by atoms with Crippen molar-refractivity contribution in [3.63, 3.8) is 0 Å². The third-order valence-electron chi connectivity index (χ3n) is 5.07. The van der Waals surface area contributed by atoms with Crippen molar-refractivity contribution in [1.82, 2.24) is 0 Å². The first-order chi connectivity index (χ1) is 17.7. The van der Waals surface area contributed by atoms with E-state index in [0.717, 1.165) is 0 Å². The van der Waals surface area contributed by atoms with Crippen molar-refractivity contribution in [3.05, 3.63) is 106 Å². The number of hydrogen-bond acceptors (Lipinski definition) is 9. The summed E-state index contributed by atoms with van der Waals surface area (Å²) in [5, 5.41) is 22.1. The van der Waals surface area contributed by atoms with E-state index in [4.69, 9.17) is 25.8 Å². The van der Waals surface area contributed by atoms with Crippen LogP contribution in [0.2, 0.25) is 5.02 Å². The van der Waals surface area contributed by atoms with E-state index in [1.165, 1.54) is 43.5 Å². The van der Waals surface area contributed by atoms with Gasteiger partial charge in [-0.25, -0.2) is 9.79 Å². The van der Waals surface area contributed by atoms with Gasteiger partial charge in [0, 0.05) is 23.8 Å². The number of methoxy groups -OCH3 is 1. The fraction of sp³-hybridized carbons (Fsp3) is 0.0833. The lowest BCUT2D eigenvalue weighted by atomic mass is 10.1. The maximum absolute atomic E-state index is 12.4. The van der Waals surface area contributed by atoms with E-state index >= 15 is 0 Å². The molecule has 4 rings (SSSR count). The fourth-order valence-electron chi connectivity index (χ4n) is 3.35. The number of benzene rings is 3. The molecule has 1 aliphatic heterocycles. The Morgan fingerprint density at radius 3 is 2.59 bits per heavy atom. The van der Waals surface area contributed by atoms with Gasteiger partial charge in [0.1, 0.15) is 11.6 Å². The Kier molecular flexibility index (Phi) is 7.69. The Labute approximate surface area is 227 Å². The Hall–Kier alpha value is -4.04. The molecule has 0 spiro atoms.